The molecule has 0 aromatic carbocycles. The lowest BCUT2D eigenvalue weighted by molar-refractivity contribution is -0.620. The van der Waals surface area contributed by atoms with Crippen molar-refractivity contribution >= 4 is 11.9 Å². The monoisotopic (exact) mass is 1110 g/mol. The van der Waals surface area contributed by atoms with Gasteiger partial charge in [0.2, 0.25) is 0 Å². The molecule has 4 spiro atoms. The fraction of sp³-hybridized carbons (Fsp3) is 0.900. The van der Waals surface area contributed by atoms with Gasteiger partial charge in [0.1, 0.15) is 18.3 Å². The normalized spacial score (nSPS) is 59.7. The van der Waals surface area contributed by atoms with E-state index in [9.17, 15) is 19.8 Å². The topological polar surface area (TPSA) is 213 Å². The van der Waals surface area contributed by atoms with E-state index in [-0.39, 0.29) is 158 Å². The third-order valence-electron chi connectivity index (χ3n) is 22.6. The second-order valence-electron chi connectivity index (χ2n) is 27.9. The summed E-state index contributed by atoms with van der Waals surface area (Å²) in [5.74, 6) is -4.55. The molecule has 32 atom stereocenters. The molecule has 0 aromatic heterocycles. The third-order valence-corrected chi connectivity index (χ3v) is 22.6. The first-order chi connectivity index (χ1) is 37.9. The minimum atomic E-state index is -1.00. The Kier molecular flexibility index (Phi) is 12.4. The summed E-state index contributed by atoms with van der Waals surface area (Å²) in [6.07, 6.45) is 3.11. The maximum atomic E-state index is 14.6. The summed E-state index contributed by atoms with van der Waals surface area (Å²) in [5, 5.41) is 20.4. The number of aliphatic hydroxyl groups is 1. The number of carboxylic acids is 1. The van der Waals surface area contributed by atoms with Crippen molar-refractivity contribution in [3.05, 3.63) is 24.3 Å². The number of aliphatic hydroxyl groups excluding tert-OH is 1. The van der Waals surface area contributed by atoms with Gasteiger partial charge in [-0.15, -0.1) is 0 Å². The molecule has 10 unspecified atom stereocenters. The number of hydrogen-bond acceptors (Lipinski definition) is 18. The Morgan fingerprint density at radius 1 is 0.544 bits per heavy atom. The molecule has 0 amide bonds. The van der Waals surface area contributed by atoms with Gasteiger partial charge in [-0.3, -0.25) is 9.59 Å². The van der Waals surface area contributed by atoms with Crippen LogP contribution in [0.1, 0.15) is 143 Å². The molecule has 19 heteroatoms. The molecule has 1 saturated carbocycles. The van der Waals surface area contributed by atoms with Gasteiger partial charge in [0.15, 0.2) is 23.1 Å². The number of carboxylic acid groups (broad SMARTS) is 1. The molecule has 10 bridgehead atoms. The van der Waals surface area contributed by atoms with Crippen molar-refractivity contribution in [1.29, 1.82) is 0 Å². The molecule has 0 aromatic rings. The summed E-state index contributed by atoms with van der Waals surface area (Å²) in [6.45, 7) is 17.8. The zero-order valence-corrected chi connectivity index (χ0v) is 46.1. The highest BCUT2D eigenvalue weighted by atomic mass is 16.8. The van der Waals surface area contributed by atoms with E-state index < -0.39 is 65.7 Å². The van der Waals surface area contributed by atoms with Crippen LogP contribution in [0.5, 0.6) is 0 Å². The molecule has 19 nitrogen and oxygen atoms in total. The predicted octanol–water partition coefficient (Wildman–Crippen LogP) is 5.86. The van der Waals surface area contributed by atoms with Crippen molar-refractivity contribution < 1.29 is 90.9 Å². The Bertz CT molecular complexity index is 2480. The zero-order valence-electron chi connectivity index (χ0n) is 46.1. The van der Waals surface area contributed by atoms with Crippen molar-refractivity contribution in [3.8, 4) is 0 Å². The summed E-state index contributed by atoms with van der Waals surface area (Å²) in [4.78, 5) is 26.2. The van der Waals surface area contributed by atoms with Crippen molar-refractivity contribution in [3.63, 3.8) is 0 Å². The molecule has 436 valence electrons. The van der Waals surface area contributed by atoms with Crippen LogP contribution in [0, 0.1) is 35.5 Å². The molecule has 17 rings (SSSR count). The van der Waals surface area contributed by atoms with Crippen LogP contribution in [-0.4, -0.2) is 180 Å². The average molecular weight is 1110 g/mol. The minimum absolute atomic E-state index is 0.00712. The lowest BCUT2D eigenvalue weighted by Crippen LogP contribution is -2.93. The largest absolute Gasteiger partial charge is 0.481 e. The first kappa shape index (κ1) is 52.4. The maximum Gasteiger partial charge on any atom is 0.308 e. The van der Waals surface area contributed by atoms with E-state index in [4.69, 9.17) is 71.1 Å². The number of esters is 1. The molecule has 79 heavy (non-hydrogen) atoms. The van der Waals surface area contributed by atoms with Crippen molar-refractivity contribution in [1.82, 2.24) is 0 Å². The first-order valence-electron chi connectivity index (χ1n) is 30.7. The van der Waals surface area contributed by atoms with Gasteiger partial charge in [-0.05, 0) is 73.8 Å². The van der Waals surface area contributed by atoms with Crippen LogP contribution >= 0.6 is 0 Å². The Hall–Kier alpha value is -2.18. The molecule has 1 aliphatic carbocycles. The minimum Gasteiger partial charge on any atom is -0.481 e. The number of aliphatic carboxylic acids is 1. The molecule has 16 aliphatic heterocycles. The van der Waals surface area contributed by atoms with Crippen LogP contribution < -0.4 is 0 Å². The molecular weight excluding hydrogens is 1020 g/mol. The molecular formula is C60H82O19. The van der Waals surface area contributed by atoms with Crippen molar-refractivity contribution in [2.45, 2.75) is 301 Å². The van der Waals surface area contributed by atoms with Gasteiger partial charge >= 0.3 is 11.9 Å². The smallest absolute Gasteiger partial charge is 0.308 e. The van der Waals surface area contributed by atoms with Crippen molar-refractivity contribution in [2.24, 2.45) is 35.5 Å². The summed E-state index contributed by atoms with van der Waals surface area (Å²) in [5.41, 5.74) is 2.15. The third kappa shape index (κ3) is 8.32. The standard InChI is InChI=1S/C60H82O19/c1-25-13-31-7-9-35-26(2)14-33(65-35)11-12-57-23-44-48-55-49(60(48,76-44)79-57)56(78-57)54-36(69-55)10-8-32(67-54)15-47(64)72-53-30(6)52-41(68-40(53)17-37(66-31)29(25)5)18-39-43(71-52)22-59(73-39)24-45-51(77-59)28(4)21-58(75-45)20-27(3)50-42(74-58)16-34(61)38(70-50)19-46(62)63/h25,27-28,30-45,48-56,61H,2,5,7-24H2,1,3-4,6H3,(H,62,63)/t25-,27+,28+,30+,31?,32?,33+,34-,35+,36+,37-,38-,39-,40?,41+,42?,43-,44-,45?,48?,49?,50?,51?,52+,53-,54+,55+,56-,57-,58-,59+,60?/m1/s1. The highest BCUT2D eigenvalue weighted by Crippen LogP contribution is 2.73. The van der Waals surface area contributed by atoms with Crippen LogP contribution in [0.3, 0.4) is 0 Å². The van der Waals surface area contributed by atoms with E-state index in [0.29, 0.717) is 57.8 Å². The Morgan fingerprint density at radius 3 is 2.10 bits per heavy atom. The van der Waals surface area contributed by atoms with Gasteiger partial charge in [0.25, 0.3) is 0 Å². The quantitative estimate of drug-likeness (QED) is 0.245. The zero-order chi connectivity index (χ0) is 53.8. The molecule has 16 saturated heterocycles. The maximum absolute atomic E-state index is 14.6. The Balaban J connectivity index is 0.636. The van der Waals surface area contributed by atoms with Gasteiger partial charge in [-0.2, -0.15) is 0 Å². The van der Waals surface area contributed by atoms with E-state index in [0.717, 1.165) is 49.7 Å². The van der Waals surface area contributed by atoms with E-state index in [2.05, 4.69) is 40.9 Å². The molecule has 0 radical (unpaired) electrons. The number of carbonyl (C=O) groups is 2. The van der Waals surface area contributed by atoms with E-state index in [1.165, 1.54) is 0 Å². The van der Waals surface area contributed by atoms with Crippen LogP contribution in [0.2, 0.25) is 0 Å². The Morgan fingerprint density at radius 2 is 1.25 bits per heavy atom. The molecule has 17 aliphatic rings. The average Bonchev–Trinajstić information content (AvgIpc) is 1.35. The predicted molar refractivity (Wildman–Crippen MR) is 270 cm³/mol. The van der Waals surface area contributed by atoms with Gasteiger partial charge < -0.3 is 81.3 Å². The summed E-state index contributed by atoms with van der Waals surface area (Å²) in [7, 11) is 0. The fourth-order valence-electron chi connectivity index (χ4n) is 19.1. The summed E-state index contributed by atoms with van der Waals surface area (Å²) < 4.78 is 103. The van der Waals surface area contributed by atoms with Gasteiger partial charge in [-0.25, -0.2) is 0 Å². The van der Waals surface area contributed by atoms with Crippen LogP contribution in [-0.2, 0) is 80.6 Å². The highest BCUT2D eigenvalue weighted by Gasteiger charge is 2.87. The highest BCUT2D eigenvalue weighted by molar-refractivity contribution is 5.70. The second kappa shape index (κ2) is 18.7. The van der Waals surface area contributed by atoms with E-state index in [1.54, 1.807) is 0 Å². The van der Waals surface area contributed by atoms with Crippen LogP contribution in [0.4, 0.5) is 0 Å². The number of carbonyl (C=O) groups excluding carboxylic acids is 1. The number of rotatable bonds is 2. The van der Waals surface area contributed by atoms with E-state index in [1.807, 2.05) is 0 Å². The van der Waals surface area contributed by atoms with Crippen LogP contribution in [0.15, 0.2) is 24.3 Å². The first-order valence-corrected chi connectivity index (χ1v) is 30.7. The van der Waals surface area contributed by atoms with E-state index >= 15 is 0 Å². The second-order valence-corrected chi connectivity index (χ2v) is 27.9. The van der Waals surface area contributed by atoms with Crippen LogP contribution in [0.25, 0.3) is 0 Å². The summed E-state index contributed by atoms with van der Waals surface area (Å²) in [6, 6.07) is 0. The number of fused-ring (bicyclic) bond motifs is 10. The summed E-state index contributed by atoms with van der Waals surface area (Å²) >= 11 is 0. The van der Waals surface area contributed by atoms with Crippen molar-refractivity contribution in [2.75, 3.05) is 0 Å². The van der Waals surface area contributed by atoms with Gasteiger partial charge in [0.05, 0.1) is 141 Å². The Labute approximate surface area is 461 Å². The molecule has 2 N–H and O–H groups in total. The van der Waals surface area contributed by atoms with Gasteiger partial charge in [0, 0.05) is 63.7 Å². The number of ether oxygens (including phenoxy) is 15. The fourth-order valence-corrected chi connectivity index (χ4v) is 19.1. The molecule has 17 fully saturated rings. The lowest BCUT2D eigenvalue weighted by atomic mass is 9.51. The number of hydrogen-bond donors (Lipinski definition) is 2. The lowest BCUT2D eigenvalue weighted by Gasteiger charge is -2.80. The SMILES string of the molecule is C=C1C[C@@H]2CC[C@]34C[C@H]5OC6(O3)C3[C@@H](O[C@H]7CCC(CC(=O)O[C@H]8C(C[C@H]9OC(CC[C@@H]1O2)C[C@@H](C)C9=C)O[C@H]1C[C@H]2O[C@@]9(CC%10O[C@]%11(C[C@H](C)C%12O[C@H](CC(=O)O)[C@H](O)CC%12O%11)C[C@H](C)C%10O9)C[C@H]2O[C@H]1[C@@H]8C)O[C@@H]7[C@@H]3O4)C56. The van der Waals surface area contributed by atoms with Gasteiger partial charge in [-0.1, -0.05) is 40.9 Å². The molecule has 16 heterocycles.